The van der Waals surface area contributed by atoms with Crippen LogP contribution in [0.1, 0.15) is 49.8 Å². The first kappa shape index (κ1) is 10.7. The second kappa shape index (κ2) is 4.36. The Morgan fingerprint density at radius 1 is 1.27 bits per heavy atom. The molecule has 0 amide bonds. The van der Waals surface area contributed by atoms with Gasteiger partial charge in [-0.2, -0.15) is 0 Å². The summed E-state index contributed by atoms with van der Waals surface area (Å²) >= 11 is 0. The Balaban J connectivity index is 2.25. The molecule has 1 heteroatoms. The molecule has 1 heterocycles. The molecule has 82 valence electrons. The Kier molecular flexibility index (Phi) is 3.11. The van der Waals surface area contributed by atoms with Gasteiger partial charge in [0.05, 0.1) is 0 Å². The molecule has 0 aromatic heterocycles. The lowest BCUT2D eigenvalue weighted by Crippen LogP contribution is -2.16. The molecule has 1 aromatic carbocycles. The average Bonchev–Trinajstić information content (AvgIpc) is 2.59. The highest BCUT2D eigenvalue weighted by molar-refractivity contribution is 5.39. The minimum Gasteiger partial charge on any atom is -0.295 e. The van der Waals surface area contributed by atoms with Crippen molar-refractivity contribution < 1.29 is 0 Å². The van der Waals surface area contributed by atoms with Crippen molar-refractivity contribution >= 4 is 0 Å². The third-order valence-corrected chi connectivity index (χ3v) is 3.25. The first-order valence-electron chi connectivity index (χ1n) is 6.05. The molecule has 1 nitrogen and oxygen atoms in total. The van der Waals surface area contributed by atoms with Crippen LogP contribution in [0.2, 0.25) is 0 Å². The van der Waals surface area contributed by atoms with Gasteiger partial charge in [0.1, 0.15) is 0 Å². The van der Waals surface area contributed by atoms with Crippen LogP contribution in [0.5, 0.6) is 0 Å². The lowest BCUT2D eigenvalue weighted by molar-refractivity contribution is 0.284. The Bertz CT molecular complexity index is 341. The van der Waals surface area contributed by atoms with Crippen LogP contribution in [0.3, 0.4) is 0 Å². The third kappa shape index (κ3) is 2.07. The first-order chi connectivity index (χ1) is 7.22. The largest absolute Gasteiger partial charge is 0.295 e. The van der Waals surface area contributed by atoms with Crippen LogP contribution in [-0.2, 0) is 13.1 Å². The van der Waals surface area contributed by atoms with Gasteiger partial charge in [-0.15, -0.1) is 0 Å². The maximum absolute atomic E-state index is 2.55. The predicted octanol–water partition coefficient (Wildman–Crippen LogP) is 3.54. The van der Waals surface area contributed by atoms with Gasteiger partial charge in [-0.1, -0.05) is 39.0 Å². The van der Waals surface area contributed by atoms with Crippen LogP contribution in [0.25, 0.3) is 0 Å². The summed E-state index contributed by atoms with van der Waals surface area (Å²) in [6.45, 7) is 10.4. The fourth-order valence-corrected chi connectivity index (χ4v) is 2.53. The van der Waals surface area contributed by atoms with Gasteiger partial charge in [-0.05, 0) is 35.6 Å². The van der Waals surface area contributed by atoms with E-state index in [1.54, 1.807) is 16.7 Å². The lowest BCUT2D eigenvalue weighted by Gasteiger charge is -2.13. The summed E-state index contributed by atoms with van der Waals surface area (Å²) in [6, 6.07) is 6.79. The Hall–Kier alpha value is -0.820. The van der Waals surface area contributed by atoms with Gasteiger partial charge in [0.25, 0.3) is 0 Å². The van der Waals surface area contributed by atoms with Gasteiger partial charge in [0.15, 0.2) is 0 Å². The Labute approximate surface area is 93.1 Å². The molecular formula is C14H21N. The smallest absolute Gasteiger partial charge is 0.0243 e. The van der Waals surface area contributed by atoms with E-state index >= 15 is 0 Å². The fourth-order valence-electron chi connectivity index (χ4n) is 2.53. The molecule has 0 spiro atoms. The molecule has 0 fully saturated rings. The van der Waals surface area contributed by atoms with E-state index in [1.807, 2.05) is 0 Å². The zero-order valence-electron chi connectivity index (χ0n) is 10.1. The molecule has 2 rings (SSSR count). The van der Waals surface area contributed by atoms with E-state index < -0.39 is 0 Å². The molecular weight excluding hydrogens is 182 g/mol. The van der Waals surface area contributed by atoms with E-state index in [4.69, 9.17) is 0 Å². The van der Waals surface area contributed by atoms with Crippen molar-refractivity contribution in [3.05, 3.63) is 34.9 Å². The summed E-state index contributed by atoms with van der Waals surface area (Å²) < 4.78 is 0. The second-order valence-electron chi connectivity index (χ2n) is 4.85. The van der Waals surface area contributed by atoms with Gasteiger partial charge in [0.2, 0.25) is 0 Å². The van der Waals surface area contributed by atoms with Crippen LogP contribution in [0.15, 0.2) is 18.2 Å². The molecule has 0 N–H and O–H groups in total. The van der Waals surface area contributed by atoms with E-state index in [0.29, 0.717) is 5.92 Å². The number of hydrogen-bond acceptors (Lipinski definition) is 1. The van der Waals surface area contributed by atoms with E-state index in [9.17, 15) is 0 Å². The fraction of sp³-hybridized carbons (Fsp3) is 0.571. The molecule has 0 radical (unpaired) electrons. The van der Waals surface area contributed by atoms with Crippen LogP contribution in [-0.4, -0.2) is 11.4 Å². The topological polar surface area (TPSA) is 3.24 Å². The molecule has 0 unspecified atom stereocenters. The average molecular weight is 203 g/mol. The summed E-state index contributed by atoms with van der Waals surface area (Å²) in [5.74, 6) is 0.654. The van der Waals surface area contributed by atoms with Crippen molar-refractivity contribution in [2.45, 2.75) is 46.2 Å². The van der Waals surface area contributed by atoms with Crippen molar-refractivity contribution in [1.82, 2.24) is 4.90 Å². The number of fused-ring (bicyclic) bond motifs is 1. The van der Waals surface area contributed by atoms with Gasteiger partial charge in [0, 0.05) is 13.1 Å². The van der Waals surface area contributed by atoms with Crippen LogP contribution in [0.4, 0.5) is 0 Å². The van der Waals surface area contributed by atoms with Gasteiger partial charge < -0.3 is 0 Å². The van der Waals surface area contributed by atoms with Gasteiger partial charge in [-0.3, -0.25) is 4.90 Å². The molecule has 0 saturated heterocycles. The molecule has 1 aliphatic rings. The van der Waals surface area contributed by atoms with E-state index in [1.165, 1.54) is 13.0 Å². The quantitative estimate of drug-likeness (QED) is 0.726. The predicted molar refractivity (Wildman–Crippen MR) is 64.9 cm³/mol. The number of benzene rings is 1. The summed E-state index contributed by atoms with van der Waals surface area (Å²) in [7, 11) is 0. The maximum atomic E-state index is 2.55. The highest BCUT2D eigenvalue weighted by atomic mass is 15.1. The highest BCUT2D eigenvalue weighted by Gasteiger charge is 2.21. The number of nitrogens with zero attached hydrogens (tertiary/aromatic N) is 1. The summed E-state index contributed by atoms with van der Waals surface area (Å²) in [5.41, 5.74) is 4.70. The molecule has 1 aliphatic heterocycles. The van der Waals surface area contributed by atoms with Crippen molar-refractivity contribution in [1.29, 1.82) is 0 Å². The van der Waals surface area contributed by atoms with Crippen LogP contribution < -0.4 is 0 Å². The van der Waals surface area contributed by atoms with E-state index in [0.717, 1.165) is 13.1 Å². The molecule has 15 heavy (non-hydrogen) atoms. The summed E-state index contributed by atoms with van der Waals surface area (Å²) in [5, 5.41) is 0. The molecule has 1 aromatic rings. The van der Waals surface area contributed by atoms with Crippen LogP contribution >= 0.6 is 0 Å². The van der Waals surface area contributed by atoms with Crippen molar-refractivity contribution in [2.24, 2.45) is 0 Å². The first-order valence-corrected chi connectivity index (χ1v) is 6.05. The van der Waals surface area contributed by atoms with Crippen molar-refractivity contribution in [3.63, 3.8) is 0 Å². The third-order valence-electron chi connectivity index (χ3n) is 3.25. The lowest BCUT2D eigenvalue weighted by atomic mass is 9.95. The SMILES string of the molecule is CCCN1Cc2cccc(C(C)C)c2C1. The minimum absolute atomic E-state index is 0.654. The van der Waals surface area contributed by atoms with Crippen molar-refractivity contribution in [3.8, 4) is 0 Å². The van der Waals surface area contributed by atoms with Gasteiger partial charge in [-0.25, -0.2) is 0 Å². The maximum Gasteiger partial charge on any atom is 0.0243 e. The molecule has 0 atom stereocenters. The van der Waals surface area contributed by atoms with E-state index in [-0.39, 0.29) is 0 Å². The van der Waals surface area contributed by atoms with Crippen molar-refractivity contribution in [2.75, 3.05) is 6.54 Å². The zero-order valence-corrected chi connectivity index (χ0v) is 10.1. The summed E-state index contributed by atoms with van der Waals surface area (Å²) in [4.78, 5) is 2.55. The monoisotopic (exact) mass is 203 g/mol. The number of hydrogen-bond donors (Lipinski definition) is 0. The van der Waals surface area contributed by atoms with E-state index in [2.05, 4.69) is 43.9 Å². The Morgan fingerprint density at radius 2 is 2.07 bits per heavy atom. The van der Waals surface area contributed by atoms with Crippen LogP contribution in [0, 0.1) is 0 Å². The molecule has 0 aliphatic carbocycles. The standard InChI is InChI=1S/C14H21N/c1-4-8-15-9-12-6-5-7-13(11(2)3)14(12)10-15/h5-7,11H,4,8-10H2,1-3H3. The second-order valence-corrected chi connectivity index (χ2v) is 4.85. The normalized spacial score (nSPS) is 16.0. The summed E-state index contributed by atoms with van der Waals surface area (Å²) in [6.07, 6.45) is 1.25. The molecule has 0 bridgehead atoms. The minimum atomic E-state index is 0.654. The molecule has 0 saturated carbocycles. The Morgan fingerprint density at radius 3 is 2.73 bits per heavy atom. The number of rotatable bonds is 3. The van der Waals surface area contributed by atoms with Gasteiger partial charge >= 0.3 is 0 Å². The highest BCUT2D eigenvalue weighted by Crippen LogP contribution is 2.29. The zero-order chi connectivity index (χ0) is 10.8.